The van der Waals surface area contributed by atoms with Gasteiger partial charge in [-0.25, -0.2) is 0 Å². The van der Waals surface area contributed by atoms with Crippen LogP contribution in [-0.4, -0.2) is 5.11 Å². The number of hydrogen-bond acceptors (Lipinski definition) is 3. The Balaban J connectivity index is 2.53. The van der Waals surface area contributed by atoms with E-state index in [9.17, 15) is 5.11 Å². The van der Waals surface area contributed by atoms with Crippen molar-refractivity contribution >= 4 is 17.0 Å². The molecule has 14 heavy (non-hydrogen) atoms. The lowest BCUT2D eigenvalue weighted by atomic mass is 10.0. The van der Waals surface area contributed by atoms with Crippen molar-refractivity contribution in [3.05, 3.63) is 34.5 Å². The van der Waals surface area contributed by atoms with Crippen LogP contribution in [0.4, 0.5) is 5.69 Å². The minimum Gasteiger partial charge on any atom is -0.506 e. The molecule has 0 aliphatic heterocycles. The summed E-state index contributed by atoms with van der Waals surface area (Å²) >= 11 is 1.66. The van der Waals surface area contributed by atoms with Crippen LogP contribution in [0, 0.1) is 6.92 Å². The molecule has 0 spiro atoms. The number of phenols is 1. The van der Waals surface area contributed by atoms with Crippen molar-refractivity contribution in [3.8, 4) is 16.9 Å². The first-order valence-corrected chi connectivity index (χ1v) is 5.24. The molecule has 2 nitrogen and oxygen atoms in total. The van der Waals surface area contributed by atoms with Crippen LogP contribution in [0.25, 0.3) is 11.1 Å². The molecule has 0 fully saturated rings. The summed E-state index contributed by atoms with van der Waals surface area (Å²) < 4.78 is 0. The van der Waals surface area contributed by atoms with Crippen molar-refractivity contribution in [1.82, 2.24) is 0 Å². The zero-order valence-electron chi connectivity index (χ0n) is 7.82. The predicted octanol–water partition coefficient (Wildman–Crippen LogP) is 3.01. The fraction of sp³-hybridized carbons (Fsp3) is 0.0909. The minimum absolute atomic E-state index is 0.146. The van der Waals surface area contributed by atoms with Crippen molar-refractivity contribution in [1.29, 1.82) is 0 Å². The summed E-state index contributed by atoms with van der Waals surface area (Å²) in [5.41, 5.74) is 9.34. The molecule has 2 aromatic rings. The van der Waals surface area contributed by atoms with Crippen LogP contribution in [0.15, 0.2) is 29.0 Å². The van der Waals surface area contributed by atoms with Crippen molar-refractivity contribution in [2.24, 2.45) is 0 Å². The van der Waals surface area contributed by atoms with Crippen LogP contribution in [0.1, 0.15) is 5.56 Å². The monoisotopic (exact) mass is 205 g/mol. The molecule has 0 amide bonds. The van der Waals surface area contributed by atoms with Gasteiger partial charge in [-0.15, -0.1) is 0 Å². The first-order chi connectivity index (χ1) is 6.68. The molecule has 1 aromatic heterocycles. The number of anilines is 1. The van der Waals surface area contributed by atoms with E-state index in [-0.39, 0.29) is 5.75 Å². The third-order valence-corrected chi connectivity index (χ3v) is 3.06. The lowest BCUT2D eigenvalue weighted by molar-refractivity contribution is 0.478. The van der Waals surface area contributed by atoms with Gasteiger partial charge < -0.3 is 10.8 Å². The molecule has 1 aromatic carbocycles. The Morgan fingerprint density at radius 1 is 1.29 bits per heavy atom. The summed E-state index contributed by atoms with van der Waals surface area (Å²) in [7, 11) is 0. The zero-order chi connectivity index (χ0) is 10.1. The van der Waals surface area contributed by atoms with Gasteiger partial charge in [0.2, 0.25) is 0 Å². The minimum atomic E-state index is 0.146. The first kappa shape index (κ1) is 9.09. The molecule has 0 saturated heterocycles. The van der Waals surface area contributed by atoms with Gasteiger partial charge in [-0.05, 0) is 46.5 Å². The SMILES string of the molecule is Cc1cscc1-c1ccc(N)c(O)c1. The predicted molar refractivity (Wildman–Crippen MR) is 60.6 cm³/mol. The molecule has 2 rings (SSSR count). The summed E-state index contributed by atoms with van der Waals surface area (Å²) in [5.74, 6) is 0.146. The number of aromatic hydroxyl groups is 1. The van der Waals surface area contributed by atoms with E-state index in [0.29, 0.717) is 5.69 Å². The smallest absolute Gasteiger partial charge is 0.139 e. The van der Waals surface area contributed by atoms with Gasteiger partial charge in [0.15, 0.2) is 0 Å². The van der Waals surface area contributed by atoms with Crippen LogP contribution in [0.5, 0.6) is 5.75 Å². The van der Waals surface area contributed by atoms with Crippen molar-refractivity contribution in [2.75, 3.05) is 5.73 Å². The zero-order valence-corrected chi connectivity index (χ0v) is 8.64. The summed E-state index contributed by atoms with van der Waals surface area (Å²) in [4.78, 5) is 0. The van der Waals surface area contributed by atoms with E-state index in [4.69, 9.17) is 5.73 Å². The van der Waals surface area contributed by atoms with Gasteiger partial charge in [-0.3, -0.25) is 0 Å². The second-order valence-corrected chi connectivity index (χ2v) is 3.99. The Morgan fingerprint density at radius 2 is 2.07 bits per heavy atom. The van der Waals surface area contributed by atoms with Gasteiger partial charge in [-0.2, -0.15) is 11.3 Å². The molecule has 3 heteroatoms. The van der Waals surface area contributed by atoms with Gasteiger partial charge in [0.1, 0.15) is 5.75 Å². The lowest BCUT2D eigenvalue weighted by Crippen LogP contribution is -1.85. The van der Waals surface area contributed by atoms with Gasteiger partial charge in [-0.1, -0.05) is 6.07 Å². The number of aryl methyl sites for hydroxylation is 1. The maximum absolute atomic E-state index is 9.47. The third kappa shape index (κ3) is 1.46. The fourth-order valence-corrected chi connectivity index (χ4v) is 2.22. The maximum Gasteiger partial charge on any atom is 0.139 e. The summed E-state index contributed by atoms with van der Waals surface area (Å²) in [5, 5.41) is 13.6. The van der Waals surface area contributed by atoms with E-state index in [0.717, 1.165) is 11.1 Å². The number of hydrogen-bond donors (Lipinski definition) is 2. The van der Waals surface area contributed by atoms with E-state index >= 15 is 0 Å². The summed E-state index contributed by atoms with van der Waals surface area (Å²) in [6.07, 6.45) is 0. The van der Waals surface area contributed by atoms with Crippen LogP contribution in [0.3, 0.4) is 0 Å². The fourth-order valence-electron chi connectivity index (χ4n) is 1.37. The Morgan fingerprint density at radius 3 is 2.64 bits per heavy atom. The molecule has 1 heterocycles. The molecule has 72 valence electrons. The average molecular weight is 205 g/mol. The Hall–Kier alpha value is -1.48. The number of benzene rings is 1. The van der Waals surface area contributed by atoms with Crippen LogP contribution >= 0.6 is 11.3 Å². The molecular weight excluding hydrogens is 194 g/mol. The van der Waals surface area contributed by atoms with Gasteiger partial charge >= 0.3 is 0 Å². The van der Waals surface area contributed by atoms with Crippen LogP contribution in [-0.2, 0) is 0 Å². The van der Waals surface area contributed by atoms with E-state index in [2.05, 4.69) is 17.7 Å². The quantitative estimate of drug-likeness (QED) is 0.555. The number of rotatable bonds is 1. The Kier molecular flexibility index (Phi) is 2.17. The van der Waals surface area contributed by atoms with E-state index in [1.54, 1.807) is 23.5 Å². The second-order valence-electron chi connectivity index (χ2n) is 3.24. The Bertz CT molecular complexity index is 462. The Labute approximate surface area is 86.6 Å². The highest BCUT2D eigenvalue weighted by atomic mass is 32.1. The van der Waals surface area contributed by atoms with E-state index in [1.807, 2.05) is 6.07 Å². The number of phenolic OH excluding ortho intramolecular Hbond substituents is 1. The van der Waals surface area contributed by atoms with Gasteiger partial charge in [0.25, 0.3) is 0 Å². The summed E-state index contributed by atoms with van der Waals surface area (Å²) in [6, 6.07) is 5.34. The molecule has 0 bridgehead atoms. The molecule has 0 saturated carbocycles. The lowest BCUT2D eigenvalue weighted by Gasteiger charge is -2.03. The average Bonchev–Trinajstić information content (AvgIpc) is 2.57. The molecule has 0 radical (unpaired) electrons. The molecule has 0 aliphatic rings. The number of thiophene rings is 1. The topological polar surface area (TPSA) is 46.2 Å². The third-order valence-electron chi connectivity index (χ3n) is 2.20. The number of nitrogens with two attached hydrogens (primary N) is 1. The van der Waals surface area contributed by atoms with E-state index < -0.39 is 0 Å². The molecular formula is C11H11NOS. The van der Waals surface area contributed by atoms with Crippen molar-refractivity contribution < 1.29 is 5.11 Å². The number of nitrogen functional groups attached to an aromatic ring is 1. The molecule has 3 N–H and O–H groups in total. The van der Waals surface area contributed by atoms with Crippen LogP contribution < -0.4 is 5.73 Å². The first-order valence-electron chi connectivity index (χ1n) is 4.30. The molecule has 0 aliphatic carbocycles. The van der Waals surface area contributed by atoms with E-state index in [1.165, 1.54) is 5.56 Å². The standard InChI is InChI=1S/C11H11NOS/c1-7-5-14-6-9(7)8-2-3-10(12)11(13)4-8/h2-6,13H,12H2,1H3. The van der Waals surface area contributed by atoms with Crippen molar-refractivity contribution in [3.63, 3.8) is 0 Å². The second kappa shape index (κ2) is 3.35. The highest BCUT2D eigenvalue weighted by molar-refractivity contribution is 7.08. The van der Waals surface area contributed by atoms with Crippen LogP contribution in [0.2, 0.25) is 0 Å². The molecule has 0 atom stereocenters. The normalized spacial score (nSPS) is 10.4. The highest BCUT2D eigenvalue weighted by Gasteiger charge is 2.04. The van der Waals surface area contributed by atoms with Gasteiger partial charge in [0.05, 0.1) is 5.69 Å². The largest absolute Gasteiger partial charge is 0.506 e. The highest BCUT2D eigenvalue weighted by Crippen LogP contribution is 2.31. The van der Waals surface area contributed by atoms with Crippen molar-refractivity contribution in [2.45, 2.75) is 6.92 Å². The summed E-state index contributed by atoms with van der Waals surface area (Å²) in [6.45, 7) is 2.05. The van der Waals surface area contributed by atoms with Gasteiger partial charge in [0, 0.05) is 0 Å². The maximum atomic E-state index is 9.47. The molecule has 0 unspecified atom stereocenters.